The van der Waals surface area contributed by atoms with Crippen LogP contribution in [-0.4, -0.2) is 74.7 Å². The molecule has 106 valence electrons. The second-order valence-corrected chi connectivity index (χ2v) is 7.43. The van der Waals surface area contributed by atoms with Gasteiger partial charge in [0.15, 0.2) is 9.84 Å². The molecule has 0 radical (unpaired) electrons. The van der Waals surface area contributed by atoms with Crippen LogP contribution < -0.4 is 0 Å². The number of hydrogen-bond acceptors (Lipinski definition) is 4. The zero-order valence-electron chi connectivity index (χ0n) is 10.9. The lowest BCUT2D eigenvalue weighted by Crippen LogP contribution is -2.43. The highest BCUT2D eigenvalue weighted by molar-refractivity contribution is 7.91. The van der Waals surface area contributed by atoms with Crippen molar-refractivity contribution in [2.45, 2.75) is 18.9 Å². The van der Waals surface area contributed by atoms with Crippen molar-refractivity contribution >= 4 is 27.3 Å². The van der Waals surface area contributed by atoms with E-state index < -0.39 is 9.84 Å². The Morgan fingerprint density at radius 3 is 2.44 bits per heavy atom. The summed E-state index contributed by atoms with van der Waals surface area (Å²) in [5.41, 5.74) is 0. The predicted octanol–water partition coefficient (Wildman–Crippen LogP) is 0.193. The molecule has 0 unspecified atom stereocenters. The minimum absolute atomic E-state index is 0.0809. The molecule has 18 heavy (non-hydrogen) atoms. The lowest BCUT2D eigenvalue weighted by atomic mass is 10.2. The Morgan fingerprint density at radius 1 is 1.33 bits per heavy atom. The molecule has 1 fully saturated rings. The van der Waals surface area contributed by atoms with Gasteiger partial charge in [0.25, 0.3) is 0 Å². The van der Waals surface area contributed by atoms with Crippen LogP contribution in [0.1, 0.15) is 12.8 Å². The standard InChI is InChI=1S/C11H21ClN2O3S/c1-13(2)5-3-6-14(11(15)8-12)10-4-7-18(16,17)9-10/h10H,3-9H2,1-2H3/t10-/m1/s1. The number of halogens is 1. The topological polar surface area (TPSA) is 57.7 Å². The highest BCUT2D eigenvalue weighted by atomic mass is 35.5. The van der Waals surface area contributed by atoms with Crippen molar-refractivity contribution in [2.75, 3.05) is 44.6 Å². The molecule has 0 saturated carbocycles. The molecule has 1 rings (SSSR count). The van der Waals surface area contributed by atoms with Gasteiger partial charge in [0.05, 0.1) is 11.5 Å². The van der Waals surface area contributed by atoms with Crippen LogP contribution in [0.3, 0.4) is 0 Å². The smallest absolute Gasteiger partial charge is 0.237 e. The number of sulfone groups is 1. The molecule has 0 aromatic rings. The van der Waals surface area contributed by atoms with E-state index in [2.05, 4.69) is 0 Å². The van der Waals surface area contributed by atoms with Crippen molar-refractivity contribution in [3.63, 3.8) is 0 Å². The molecule has 0 bridgehead atoms. The molecule has 1 amide bonds. The minimum atomic E-state index is -2.97. The summed E-state index contributed by atoms with van der Waals surface area (Å²) in [6, 6.07) is -0.191. The molecule has 0 N–H and O–H groups in total. The second-order valence-electron chi connectivity index (χ2n) is 4.93. The van der Waals surface area contributed by atoms with E-state index in [-0.39, 0.29) is 29.3 Å². The van der Waals surface area contributed by atoms with Crippen LogP contribution in [0.5, 0.6) is 0 Å². The number of amides is 1. The summed E-state index contributed by atoms with van der Waals surface area (Å²) in [4.78, 5) is 15.4. The predicted molar refractivity (Wildman–Crippen MR) is 72.7 cm³/mol. The average Bonchev–Trinajstić information content (AvgIpc) is 2.63. The van der Waals surface area contributed by atoms with Crippen LogP contribution in [0.25, 0.3) is 0 Å². The Bertz CT molecular complexity index is 384. The zero-order valence-corrected chi connectivity index (χ0v) is 12.5. The van der Waals surface area contributed by atoms with Gasteiger partial charge < -0.3 is 9.80 Å². The van der Waals surface area contributed by atoms with Crippen LogP contribution in [0.2, 0.25) is 0 Å². The van der Waals surface area contributed by atoms with Crippen LogP contribution in [0, 0.1) is 0 Å². The first-order chi connectivity index (χ1) is 8.35. The van der Waals surface area contributed by atoms with Gasteiger partial charge in [-0.05, 0) is 33.5 Å². The van der Waals surface area contributed by atoms with E-state index in [9.17, 15) is 13.2 Å². The maximum atomic E-state index is 11.8. The maximum absolute atomic E-state index is 11.8. The Hall–Kier alpha value is -0.330. The van der Waals surface area contributed by atoms with Gasteiger partial charge in [-0.3, -0.25) is 4.79 Å². The summed E-state index contributed by atoms with van der Waals surface area (Å²) in [5.74, 6) is 0.00516. The fraction of sp³-hybridized carbons (Fsp3) is 0.909. The molecule has 1 aliphatic heterocycles. The van der Waals surface area contributed by atoms with Crippen molar-refractivity contribution in [1.82, 2.24) is 9.80 Å². The van der Waals surface area contributed by atoms with E-state index in [1.54, 1.807) is 4.90 Å². The molecule has 1 heterocycles. The summed E-state index contributed by atoms with van der Waals surface area (Å²) in [6.45, 7) is 1.44. The van der Waals surface area contributed by atoms with Gasteiger partial charge in [-0.25, -0.2) is 8.42 Å². The molecule has 0 spiro atoms. The summed E-state index contributed by atoms with van der Waals surface area (Å²) in [6.07, 6.45) is 1.36. The fourth-order valence-electron chi connectivity index (χ4n) is 2.17. The number of alkyl halides is 1. The normalized spacial score (nSPS) is 22.3. The van der Waals surface area contributed by atoms with Gasteiger partial charge in [0, 0.05) is 12.6 Å². The minimum Gasteiger partial charge on any atom is -0.338 e. The first kappa shape index (κ1) is 15.7. The van der Waals surface area contributed by atoms with E-state index in [1.807, 2.05) is 19.0 Å². The molecule has 1 aliphatic rings. The molecule has 0 aromatic carbocycles. The van der Waals surface area contributed by atoms with Crippen LogP contribution in [0.4, 0.5) is 0 Å². The third-order valence-corrected chi connectivity index (χ3v) is 5.07. The molecular formula is C11H21ClN2O3S. The summed E-state index contributed by atoms with van der Waals surface area (Å²) in [5, 5.41) is 0. The van der Waals surface area contributed by atoms with Gasteiger partial charge in [-0.2, -0.15) is 0 Å². The highest BCUT2D eigenvalue weighted by Gasteiger charge is 2.33. The average molecular weight is 297 g/mol. The quantitative estimate of drug-likeness (QED) is 0.657. The largest absolute Gasteiger partial charge is 0.338 e. The molecule has 7 heteroatoms. The van der Waals surface area contributed by atoms with Crippen LogP contribution in [0.15, 0.2) is 0 Å². The lowest BCUT2D eigenvalue weighted by Gasteiger charge is -2.28. The van der Waals surface area contributed by atoms with Gasteiger partial charge >= 0.3 is 0 Å². The molecular weight excluding hydrogens is 276 g/mol. The van der Waals surface area contributed by atoms with Gasteiger partial charge in [-0.15, -0.1) is 11.6 Å². The number of nitrogens with zero attached hydrogens (tertiary/aromatic N) is 2. The summed E-state index contributed by atoms with van der Waals surface area (Å²) >= 11 is 5.59. The van der Waals surface area contributed by atoms with Gasteiger partial charge in [0.1, 0.15) is 5.88 Å². The van der Waals surface area contributed by atoms with E-state index >= 15 is 0 Å². The van der Waals surface area contributed by atoms with Crippen molar-refractivity contribution in [3.05, 3.63) is 0 Å². The van der Waals surface area contributed by atoms with E-state index in [1.165, 1.54) is 0 Å². The van der Waals surface area contributed by atoms with Crippen LogP contribution in [-0.2, 0) is 14.6 Å². The van der Waals surface area contributed by atoms with Crippen LogP contribution >= 0.6 is 11.6 Å². The van der Waals surface area contributed by atoms with Gasteiger partial charge in [-0.1, -0.05) is 0 Å². The monoisotopic (exact) mass is 296 g/mol. The first-order valence-corrected chi connectivity index (χ1v) is 8.42. The Balaban J connectivity index is 2.59. The first-order valence-electron chi connectivity index (χ1n) is 6.06. The Morgan fingerprint density at radius 2 is 2.00 bits per heavy atom. The molecule has 0 aliphatic carbocycles. The maximum Gasteiger partial charge on any atom is 0.237 e. The summed E-state index contributed by atoms with van der Waals surface area (Å²) in [7, 11) is 0.961. The van der Waals surface area contributed by atoms with Crippen molar-refractivity contribution in [3.8, 4) is 0 Å². The van der Waals surface area contributed by atoms with E-state index in [0.717, 1.165) is 13.0 Å². The number of rotatable bonds is 6. The third-order valence-electron chi connectivity index (χ3n) is 3.09. The Kier molecular flexibility index (Phi) is 5.88. The fourth-order valence-corrected chi connectivity index (χ4v) is 4.05. The third kappa shape index (κ3) is 4.74. The van der Waals surface area contributed by atoms with Crippen molar-refractivity contribution in [1.29, 1.82) is 0 Å². The molecule has 1 atom stereocenters. The number of hydrogen-bond donors (Lipinski definition) is 0. The molecule has 1 saturated heterocycles. The second kappa shape index (κ2) is 6.73. The van der Waals surface area contributed by atoms with Gasteiger partial charge in [0.2, 0.25) is 5.91 Å². The Labute approximate surface area is 114 Å². The molecule has 5 nitrogen and oxygen atoms in total. The number of carbonyl (C=O) groups is 1. The van der Waals surface area contributed by atoms with Crippen molar-refractivity contribution in [2.24, 2.45) is 0 Å². The molecule has 0 aromatic heterocycles. The zero-order chi connectivity index (χ0) is 13.8. The van der Waals surface area contributed by atoms with Crippen molar-refractivity contribution < 1.29 is 13.2 Å². The SMILES string of the molecule is CN(C)CCCN(C(=O)CCl)[C@@H]1CCS(=O)(=O)C1. The number of carbonyl (C=O) groups excluding carboxylic acids is 1. The lowest BCUT2D eigenvalue weighted by molar-refractivity contribution is -0.130. The van der Waals surface area contributed by atoms with E-state index in [4.69, 9.17) is 11.6 Å². The van der Waals surface area contributed by atoms with E-state index in [0.29, 0.717) is 13.0 Å². The summed E-state index contributed by atoms with van der Waals surface area (Å²) < 4.78 is 22.9. The highest BCUT2D eigenvalue weighted by Crippen LogP contribution is 2.18.